The maximum atomic E-state index is 12.7. The molecule has 2 heterocycles. The summed E-state index contributed by atoms with van der Waals surface area (Å²) in [7, 11) is 2.13. The lowest BCUT2D eigenvalue weighted by molar-refractivity contribution is 0.0871. The van der Waals surface area contributed by atoms with Crippen molar-refractivity contribution < 1.29 is 9.53 Å². The van der Waals surface area contributed by atoms with E-state index in [9.17, 15) is 4.79 Å². The van der Waals surface area contributed by atoms with Crippen LogP contribution in [-0.4, -0.2) is 75.1 Å². The van der Waals surface area contributed by atoms with Gasteiger partial charge < -0.3 is 15.0 Å². The van der Waals surface area contributed by atoms with E-state index >= 15 is 0 Å². The van der Waals surface area contributed by atoms with E-state index in [0.717, 1.165) is 50.6 Å². The first-order chi connectivity index (χ1) is 11.7. The first-order valence-electron chi connectivity index (χ1n) is 9.09. The van der Waals surface area contributed by atoms with Crippen molar-refractivity contribution >= 4 is 5.78 Å². The van der Waals surface area contributed by atoms with Crippen molar-refractivity contribution in [2.75, 3.05) is 59.5 Å². The van der Waals surface area contributed by atoms with Crippen LogP contribution in [0.1, 0.15) is 23.2 Å². The Labute approximate surface area is 145 Å². The number of carbonyl (C=O) groups excluding carboxylic acids is 1. The Balaban J connectivity index is 1.57. The van der Waals surface area contributed by atoms with Gasteiger partial charge in [-0.2, -0.15) is 0 Å². The highest BCUT2D eigenvalue weighted by Gasteiger charge is 2.20. The van der Waals surface area contributed by atoms with Gasteiger partial charge >= 0.3 is 0 Å². The molecule has 5 nitrogen and oxygen atoms in total. The van der Waals surface area contributed by atoms with Crippen LogP contribution in [0.15, 0.2) is 24.3 Å². The van der Waals surface area contributed by atoms with Gasteiger partial charge in [0.1, 0.15) is 5.75 Å². The maximum Gasteiger partial charge on any atom is 0.180 e. The zero-order valence-corrected chi connectivity index (χ0v) is 14.7. The molecule has 2 aliphatic rings. The number of para-hydroxylation sites is 1. The fourth-order valence-electron chi connectivity index (χ4n) is 3.39. The molecule has 3 rings (SSSR count). The van der Waals surface area contributed by atoms with Gasteiger partial charge in [0.05, 0.1) is 18.7 Å². The molecule has 5 heteroatoms. The molecule has 24 heavy (non-hydrogen) atoms. The first-order valence-corrected chi connectivity index (χ1v) is 9.09. The Hall–Kier alpha value is -1.43. The summed E-state index contributed by atoms with van der Waals surface area (Å²) in [4.78, 5) is 17.3. The number of nitrogens with one attached hydrogen (secondary N) is 1. The van der Waals surface area contributed by atoms with Crippen LogP contribution in [0.3, 0.4) is 0 Å². The fourth-order valence-corrected chi connectivity index (χ4v) is 3.39. The molecule has 0 saturated carbocycles. The van der Waals surface area contributed by atoms with E-state index in [0.29, 0.717) is 19.1 Å². The van der Waals surface area contributed by atoms with Gasteiger partial charge in [0.25, 0.3) is 0 Å². The summed E-state index contributed by atoms with van der Waals surface area (Å²) in [5, 5.41) is 3.41. The van der Waals surface area contributed by atoms with Gasteiger partial charge in [-0.1, -0.05) is 12.1 Å². The van der Waals surface area contributed by atoms with Gasteiger partial charge in [-0.25, -0.2) is 0 Å². The molecule has 2 fully saturated rings. The predicted octanol–water partition coefficient (Wildman–Crippen LogP) is 1.50. The van der Waals surface area contributed by atoms with Crippen LogP contribution in [0.2, 0.25) is 0 Å². The van der Waals surface area contributed by atoms with E-state index in [1.54, 1.807) is 0 Å². The number of rotatable bonds is 6. The standard InChI is InChI=1S/C19H29N3O2/c1-21-9-11-22(12-10-21)14-18(23)17-6-2-3-7-19(17)24-15-16-5-4-8-20-13-16/h2-3,6-7,16,20H,4-5,8-15H2,1H3. The molecule has 1 N–H and O–H groups in total. The minimum absolute atomic E-state index is 0.164. The molecule has 2 aliphatic heterocycles. The van der Waals surface area contributed by atoms with Crippen molar-refractivity contribution in [1.82, 2.24) is 15.1 Å². The lowest BCUT2D eigenvalue weighted by atomic mass is 10.0. The number of piperidine rings is 1. The van der Waals surface area contributed by atoms with Gasteiger partial charge in [-0.15, -0.1) is 0 Å². The molecule has 0 aromatic heterocycles. The number of hydrogen-bond donors (Lipinski definition) is 1. The van der Waals surface area contributed by atoms with Crippen LogP contribution in [0, 0.1) is 5.92 Å². The van der Waals surface area contributed by atoms with Gasteiger partial charge in [-0.05, 0) is 38.6 Å². The normalized spacial score (nSPS) is 23.1. The van der Waals surface area contributed by atoms with Crippen LogP contribution in [0.5, 0.6) is 5.75 Å². The Morgan fingerprint density at radius 3 is 2.79 bits per heavy atom. The minimum atomic E-state index is 0.164. The van der Waals surface area contributed by atoms with E-state index in [1.807, 2.05) is 24.3 Å². The zero-order valence-electron chi connectivity index (χ0n) is 14.7. The number of ketones is 1. The third-order valence-electron chi connectivity index (χ3n) is 5.02. The van der Waals surface area contributed by atoms with Crippen molar-refractivity contribution in [3.8, 4) is 5.75 Å². The number of carbonyl (C=O) groups is 1. The number of piperazine rings is 1. The number of nitrogens with zero attached hydrogens (tertiary/aromatic N) is 2. The maximum absolute atomic E-state index is 12.7. The Morgan fingerprint density at radius 2 is 2.04 bits per heavy atom. The zero-order chi connectivity index (χ0) is 16.8. The van der Waals surface area contributed by atoms with Gasteiger partial charge in [0.2, 0.25) is 0 Å². The van der Waals surface area contributed by atoms with Crippen molar-refractivity contribution in [2.45, 2.75) is 12.8 Å². The fraction of sp³-hybridized carbons (Fsp3) is 0.632. The molecule has 0 spiro atoms. The molecule has 2 saturated heterocycles. The molecule has 0 amide bonds. The average molecular weight is 331 g/mol. The molecule has 1 aromatic carbocycles. The van der Waals surface area contributed by atoms with E-state index < -0.39 is 0 Å². The highest BCUT2D eigenvalue weighted by molar-refractivity contribution is 6.00. The SMILES string of the molecule is CN1CCN(CC(=O)c2ccccc2OCC2CCCNC2)CC1. The molecule has 1 unspecified atom stereocenters. The van der Waals surface area contributed by atoms with E-state index in [-0.39, 0.29) is 5.78 Å². The van der Waals surface area contributed by atoms with Crippen LogP contribution >= 0.6 is 0 Å². The monoisotopic (exact) mass is 331 g/mol. The predicted molar refractivity (Wildman–Crippen MR) is 95.8 cm³/mol. The molecule has 0 bridgehead atoms. The van der Waals surface area contributed by atoms with Gasteiger partial charge in [0, 0.05) is 38.6 Å². The second kappa shape index (κ2) is 8.60. The largest absolute Gasteiger partial charge is 0.492 e. The highest BCUT2D eigenvalue weighted by Crippen LogP contribution is 2.21. The smallest absolute Gasteiger partial charge is 0.180 e. The average Bonchev–Trinajstić information content (AvgIpc) is 2.63. The van der Waals surface area contributed by atoms with Crippen molar-refractivity contribution in [3.05, 3.63) is 29.8 Å². The van der Waals surface area contributed by atoms with Gasteiger partial charge in [-0.3, -0.25) is 9.69 Å². The summed E-state index contributed by atoms with van der Waals surface area (Å²) in [5.41, 5.74) is 0.722. The second-order valence-corrected chi connectivity index (χ2v) is 7.02. The van der Waals surface area contributed by atoms with Crippen LogP contribution in [-0.2, 0) is 0 Å². The van der Waals surface area contributed by atoms with Crippen LogP contribution in [0.25, 0.3) is 0 Å². The molecule has 1 atom stereocenters. The lowest BCUT2D eigenvalue weighted by Gasteiger charge is -2.31. The Morgan fingerprint density at radius 1 is 1.25 bits per heavy atom. The number of Topliss-reactive ketones (excluding diaryl/α,β-unsaturated/α-hetero) is 1. The topological polar surface area (TPSA) is 44.8 Å². The Bertz CT molecular complexity index is 535. The molecular weight excluding hydrogens is 302 g/mol. The number of hydrogen-bond acceptors (Lipinski definition) is 5. The third-order valence-corrected chi connectivity index (χ3v) is 5.02. The first kappa shape index (κ1) is 17.4. The molecule has 0 aliphatic carbocycles. The van der Waals surface area contributed by atoms with E-state index in [1.165, 1.54) is 12.8 Å². The quantitative estimate of drug-likeness (QED) is 0.800. The summed E-state index contributed by atoms with van der Waals surface area (Å²) < 4.78 is 6.02. The summed E-state index contributed by atoms with van der Waals surface area (Å²) in [6.45, 7) is 7.26. The third kappa shape index (κ3) is 4.79. The van der Waals surface area contributed by atoms with E-state index in [4.69, 9.17) is 4.74 Å². The summed E-state index contributed by atoms with van der Waals surface area (Å²) in [5.74, 6) is 1.44. The minimum Gasteiger partial charge on any atom is -0.492 e. The van der Waals surface area contributed by atoms with Crippen molar-refractivity contribution in [2.24, 2.45) is 5.92 Å². The summed E-state index contributed by atoms with van der Waals surface area (Å²) in [6, 6.07) is 7.69. The number of benzene rings is 1. The summed E-state index contributed by atoms with van der Waals surface area (Å²) in [6.07, 6.45) is 2.41. The molecule has 1 aromatic rings. The highest BCUT2D eigenvalue weighted by atomic mass is 16.5. The second-order valence-electron chi connectivity index (χ2n) is 7.02. The van der Waals surface area contributed by atoms with Gasteiger partial charge in [0.15, 0.2) is 5.78 Å². The molecule has 132 valence electrons. The number of likely N-dealkylation sites (N-methyl/N-ethyl adjacent to an activating group) is 1. The summed E-state index contributed by atoms with van der Waals surface area (Å²) >= 11 is 0. The molecular formula is C19H29N3O2. The van der Waals surface area contributed by atoms with E-state index in [2.05, 4.69) is 22.2 Å². The Kier molecular flexibility index (Phi) is 6.24. The lowest BCUT2D eigenvalue weighted by Crippen LogP contribution is -2.46. The molecule has 0 radical (unpaired) electrons. The van der Waals surface area contributed by atoms with Crippen molar-refractivity contribution in [3.63, 3.8) is 0 Å². The van der Waals surface area contributed by atoms with Crippen molar-refractivity contribution in [1.29, 1.82) is 0 Å². The van der Waals surface area contributed by atoms with Crippen LogP contribution < -0.4 is 10.1 Å². The number of ether oxygens (including phenoxy) is 1. The van der Waals surface area contributed by atoms with Crippen LogP contribution in [0.4, 0.5) is 0 Å².